The van der Waals surface area contributed by atoms with Gasteiger partial charge in [0.05, 0.1) is 5.69 Å². The number of hydrogen-bond donors (Lipinski definition) is 1. The van der Waals surface area contributed by atoms with Gasteiger partial charge in [-0.1, -0.05) is 5.16 Å². The van der Waals surface area contributed by atoms with Crippen LogP contribution in [0.2, 0.25) is 0 Å². The van der Waals surface area contributed by atoms with Gasteiger partial charge in [-0.3, -0.25) is 4.68 Å². The summed E-state index contributed by atoms with van der Waals surface area (Å²) in [5.74, 6) is 0.651. The van der Waals surface area contributed by atoms with Crippen LogP contribution < -0.4 is 10.1 Å². The zero-order valence-corrected chi connectivity index (χ0v) is 9.17. The summed E-state index contributed by atoms with van der Waals surface area (Å²) in [5.41, 5.74) is 0.843. The molecule has 0 unspecified atom stereocenters. The van der Waals surface area contributed by atoms with E-state index in [0.29, 0.717) is 18.3 Å². The molecule has 86 valence electrons. The third-order valence-electron chi connectivity index (χ3n) is 1.89. The van der Waals surface area contributed by atoms with Gasteiger partial charge >= 0.3 is 6.01 Å². The Balaban J connectivity index is 1.89. The van der Waals surface area contributed by atoms with E-state index in [1.54, 1.807) is 18.1 Å². The molecule has 7 nitrogen and oxygen atoms in total. The first kappa shape index (κ1) is 10.6. The Morgan fingerprint density at radius 2 is 2.44 bits per heavy atom. The van der Waals surface area contributed by atoms with E-state index < -0.39 is 0 Å². The largest absolute Gasteiger partial charge is 0.454 e. The predicted molar refractivity (Wildman–Crippen MR) is 54.6 cm³/mol. The third kappa shape index (κ3) is 2.57. The second kappa shape index (κ2) is 4.75. The molecule has 0 aromatic carbocycles. The molecular formula is C9H13N5O2. The van der Waals surface area contributed by atoms with Gasteiger partial charge in [0.25, 0.3) is 0 Å². The molecule has 2 heterocycles. The maximum Gasteiger partial charge on any atom is 0.335 e. The molecule has 0 aliphatic heterocycles. The van der Waals surface area contributed by atoms with Crippen molar-refractivity contribution in [1.82, 2.24) is 25.2 Å². The van der Waals surface area contributed by atoms with Gasteiger partial charge in [0.15, 0.2) is 12.4 Å². The molecule has 7 heteroatoms. The standard InChI is InChI=1S/C9H13N5O2/c1-10-4-7-3-8(16-13-7)5-15-9-11-6-14(2)12-9/h3,6,10H,4-5H2,1-2H3. The van der Waals surface area contributed by atoms with Crippen LogP contribution in [0.15, 0.2) is 16.9 Å². The number of nitrogens with zero attached hydrogens (tertiary/aromatic N) is 4. The van der Waals surface area contributed by atoms with Crippen LogP contribution in [0.25, 0.3) is 0 Å². The predicted octanol–water partition coefficient (Wildman–Crippen LogP) is 0.101. The fraction of sp³-hybridized carbons (Fsp3) is 0.444. The highest BCUT2D eigenvalue weighted by Crippen LogP contribution is 2.07. The van der Waals surface area contributed by atoms with Crippen molar-refractivity contribution in [3.63, 3.8) is 0 Å². The normalized spacial score (nSPS) is 10.6. The molecule has 2 aromatic heterocycles. The fourth-order valence-electron chi connectivity index (χ4n) is 1.21. The highest BCUT2D eigenvalue weighted by Gasteiger charge is 2.06. The number of ether oxygens (including phenoxy) is 1. The molecule has 0 radical (unpaired) electrons. The van der Waals surface area contributed by atoms with Crippen molar-refractivity contribution in [2.75, 3.05) is 7.05 Å². The molecule has 2 aromatic rings. The van der Waals surface area contributed by atoms with Crippen LogP contribution in [-0.4, -0.2) is 27.0 Å². The number of hydrogen-bond acceptors (Lipinski definition) is 6. The third-order valence-corrected chi connectivity index (χ3v) is 1.89. The van der Waals surface area contributed by atoms with E-state index in [0.717, 1.165) is 5.69 Å². The molecule has 0 amide bonds. The Labute approximate surface area is 92.4 Å². The van der Waals surface area contributed by atoms with Crippen LogP contribution in [-0.2, 0) is 20.2 Å². The molecule has 2 rings (SSSR count). The first-order valence-electron chi connectivity index (χ1n) is 4.85. The summed E-state index contributed by atoms with van der Waals surface area (Å²) in [4.78, 5) is 3.93. The van der Waals surface area contributed by atoms with Crippen molar-refractivity contribution < 1.29 is 9.26 Å². The molecule has 0 aliphatic rings. The van der Waals surface area contributed by atoms with Crippen LogP contribution in [0.4, 0.5) is 0 Å². The number of nitrogens with one attached hydrogen (secondary N) is 1. The summed E-state index contributed by atoms with van der Waals surface area (Å²) in [6.45, 7) is 0.950. The summed E-state index contributed by atoms with van der Waals surface area (Å²) in [7, 11) is 3.63. The Morgan fingerprint density at radius 3 is 3.12 bits per heavy atom. The Morgan fingerprint density at radius 1 is 1.56 bits per heavy atom. The molecular weight excluding hydrogens is 210 g/mol. The minimum Gasteiger partial charge on any atom is -0.454 e. The van der Waals surface area contributed by atoms with Crippen molar-refractivity contribution in [1.29, 1.82) is 0 Å². The summed E-state index contributed by atoms with van der Waals surface area (Å²) >= 11 is 0. The van der Waals surface area contributed by atoms with Crippen LogP contribution in [0.5, 0.6) is 6.01 Å². The van der Waals surface area contributed by atoms with Gasteiger partial charge in [-0.2, -0.15) is 4.98 Å². The van der Waals surface area contributed by atoms with Crippen molar-refractivity contribution in [3.05, 3.63) is 23.8 Å². The average Bonchev–Trinajstić information content (AvgIpc) is 2.85. The van der Waals surface area contributed by atoms with E-state index in [2.05, 4.69) is 20.6 Å². The van der Waals surface area contributed by atoms with Crippen LogP contribution in [0, 0.1) is 0 Å². The number of aryl methyl sites for hydroxylation is 1. The quantitative estimate of drug-likeness (QED) is 0.774. The molecule has 0 saturated carbocycles. The Hall–Kier alpha value is -1.89. The maximum atomic E-state index is 5.31. The highest BCUT2D eigenvalue weighted by molar-refractivity contribution is 5.04. The van der Waals surface area contributed by atoms with Gasteiger partial charge in [0, 0.05) is 19.7 Å². The van der Waals surface area contributed by atoms with Gasteiger partial charge in [-0.05, 0) is 7.05 Å². The average molecular weight is 223 g/mol. The SMILES string of the molecule is CNCc1cc(COc2ncn(C)n2)on1. The lowest BCUT2D eigenvalue weighted by molar-refractivity contribution is 0.232. The van der Waals surface area contributed by atoms with Gasteiger partial charge < -0.3 is 14.6 Å². The van der Waals surface area contributed by atoms with E-state index in [-0.39, 0.29) is 6.61 Å². The zero-order valence-electron chi connectivity index (χ0n) is 9.17. The topological polar surface area (TPSA) is 78.0 Å². The van der Waals surface area contributed by atoms with Gasteiger partial charge in [0.1, 0.15) is 6.33 Å². The van der Waals surface area contributed by atoms with Crippen LogP contribution in [0.3, 0.4) is 0 Å². The van der Waals surface area contributed by atoms with E-state index in [1.165, 1.54) is 0 Å². The molecule has 1 N–H and O–H groups in total. The maximum absolute atomic E-state index is 5.31. The first-order valence-corrected chi connectivity index (χ1v) is 4.85. The van der Waals surface area contributed by atoms with Gasteiger partial charge in [-0.25, -0.2) is 0 Å². The molecule has 0 saturated heterocycles. The van der Waals surface area contributed by atoms with Crippen LogP contribution in [0.1, 0.15) is 11.5 Å². The monoisotopic (exact) mass is 223 g/mol. The molecule has 0 atom stereocenters. The first-order chi connectivity index (χ1) is 7.78. The molecule has 0 fully saturated rings. The Kier molecular flexibility index (Phi) is 3.16. The lowest BCUT2D eigenvalue weighted by atomic mass is 10.4. The fourth-order valence-corrected chi connectivity index (χ4v) is 1.21. The van der Waals surface area contributed by atoms with Crippen molar-refractivity contribution >= 4 is 0 Å². The molecule has 16 heavy (non-hydrogen) atoms. The summed E-state index contributed by atoms with van der Waals surface area (Å²) in [6, 6.07) is 2.16. The smallest absolute Gasteiger partial charge is 0.335 e. The summed E-state index contributed by atoms with van der Waals surface area (Å²) in [6.07, 6.45) is 1.57. The second-order valence-electron chi connectivity index (χ2n) is 3.30. The van der Waals surface area contributed by atoms with Gasteiger partial charge in [0.2, 0.25) is 0 Å². The number of rotatable bonds is 5. The Bertz CT molecular complexity index is 450. The summed E-state index contributed by atoms with van der Waals surface area (Å²) in [5, 5.41) is 10.8. The van der Waals surface area contributed by atoms with E-state index in [9.17, 15) is 0 Å². The van der Waals surface area contributed by atoms with Crippen LogP contribution >= 0.6 is 0 Å². The van der Waals surface area contributed by atoms with Crippen molar-refractivity contribution in [3.8, 4) is 6.01 Å². The molecule has 0 spiro atoms. The molecule has 0 bridgehead atoms. The summed E-state index contributed by atoms with van der Waals surface area (Å²) < 4.78 is 11.9. The van der Waals surface area contributed by atoms with Crippen molar-refractivity contribution in [2.24, 2.45) is 7.05 Å². The van der Waals surface area contributed by atoms with E-state index >= 15 is 0 Å². The van der Waals surface area contributed by atoms with Gasteiger partial charge in [-0.15, -0.1) is 5.10 Å². The minimum atomic E-state index is 0.278. The van der Waals surface area contributed by atoms with E-state index in [4.69, 9.17) is 9.26 Å². The molecule has 0 aliphatic carbocycles. The van der Waals surface area contributed by atoms with Crippen molar-refractivity contribution in [2.45, 2.75) is 13.2 Å². The second-order valence-corrected chi connectivity index (χ2v) is 3.30. The lowest BCUT2D eigenvalue weighted by Crippen LogP contribution is -2.04. The minimum absolute atomic E-state index is 0.278. The zero-order chi connectivity index (χ0) is 11.4. The highest BCUT2D eigenvalue weighted by atomic mass is 16.5. The number of aromatic nitrogens is 4. The lowest BCUT2D eigenvalue weighted by Gasteiger charge is -1.95. The van der Waals surface area contributed by atoms with E-state index in [1.807, 2.05) is 13.1 Å².